The Balaban J connectivity index is 2.34. The van der Waals surface area contributed by atoms with Gasteiger partial charge in [0.25, 0.3) is 0 Å². The molecule has 1 fully saturated rings. The maximum absolute atomic E-state index is 4.68. The van der Waals surface area contributed by atoms with E-state index < -0.39 is 0 Å². The molecule has 0 saturated carbocycles. The minimum Gasteiger partial charge on any atom is -0.357 e. The lowest BCUT2D eigenvalue weighted by Crippen LogP contribution is -2.42. The van der Waals surface area contributed by atoms with Crippen LogP contribution in [0.4, 0.5) is 0 Å². The average Bonchev–Trinajstić information content (AvgIpc) is 2.64. The summed E-state index contributed by atoms with van der Waals surface area (Å²) in [6.45, 7) is 14.1. The molecule has 1 aliphatic heterocycles. The predicted molar refractivity (Wildman–Crippen MR) is 87.4 cm³/mol. The van der Waals surface area contributed by atoms with Crippen molar-refractivity contribution < 1.29 is 0 Å². The lowest BCUT2D eigenvalue weighted by atomic mass is 10.3. The van der Waals surface area contributed by atoms with Gasteiger partial charge in [-0.05, 0) is 46.8 Å². The number of rotatable bonds is 6. The summed E-state index contributed by atoms with van der Waals surface area (Å²) < 4.78 is 0. The predicted octanol–water partition coefficient (Wildman–Crippen LogP) is 0.978. The summed E-state index contributed by atoms with van der Waals surface area (Å²) >= 11 is 0. The SMILES string of the molecule is CCNC(=NCCN1CCCN(C)CC1)NC(C)CC. The molecular formula is C15H33N5. The first-order valence-electron chi connectivity index (χ1n) is 8.11. The van der Waals surface area contributed by atoms with Gasteiger partial charge in [-0.15, -0.1) is 0 Å². The Bertz CT molecular complexity index is 279. The van der Waals surface area contributed by atoms with Gasteiger partial charge in [-0.2, -0.15) is 0 Å². The molecule has 20 heavy (non-hydrogen) atoms. The van der Waals surface area contributed by atoms with E-state index in [1.54, 1.807) is 0 Å². The molecule has 0 aliphatic carbocycles. The molecular weight excluding hydrogens is 250 g/mol. The van der Waals surface area contributed by atoms with Gasteiger partial charge in [0.2, 0.25) is 0 Å². The van der Waals surface area contributed by atoms with Gasteiger partial charge in [0.05, 0.1) is 6.54 Å². The van der Waals surface area contributed by atoms with E-state index >= 15 is 0 Å². The topological polar surface area (TPSA) is 42.9 Å². The van der Waals surface area contributed by atoms with Gasteiger partial charge in [-0.25, -0.2) is 0 Å². The second-order valence-electron chi connectivity index (χ2n) is 5.71. The first-order valence-corrected chi connectivity index (χ1v) is 8.11. The molecule has 0 aromatic heterocycles. The third-order valence-corrected chi connectivity index (χ3v) is 3.84. The van der Waals surface area contributed by atoms with E-state index in [2.05, 4.69) is 53.2 Å². The van der Waals surface area contributed by atoms with Crippen molar-refractivity contribution in [3.05, 3.63) is 0 Å². The molecule has 1 heterocycles. The number of hydrogen-bond donors (Lipinski definition) is 2. The molecule has 0 amide bonds. The minimum atomic E-state index is 0.472. The van der Waals surface area contributed by atoms with Crippen molar-refractivity contribution >= 4 is 5.96 Å². The van der Waals surface area contributed by atoms with E-state index in [1.807, 2.05) is 0 Å². The summed E-state index contributed by atoms with van der Waals surface area (Å²) in [4.78, 5) is 9.63. The molecule has 1 unspecified atom stereocenters. The Morgan fingerprint density at radius 1 is 1.20 bits per heavy atom. The van der Waals surface area contributed by atoms with Crippen LogP contribution in [0.2, 0.25) is 0 Å². The van der Waals surface area contributed by atoms with Crippen LogP contribution in [0.3, 0.4) is 0 Å². The van der Waals surface area contributed by atoms with Crippen LogP contribution in [-0.2, 0) is 0 Å². The van der Waals surface area contributed by atoms with E-state index in [9.17, 15) is 0 Å². The van der Waals surface area contributed by atoms with Crippen molar-refractivity contribution in [2.75, 3.05) is 52.9 Å². The standard InChI is InChI=1S/C15H33N5/c1-5-14(3)18-15(16-6-2)17-8-11-20-10-7-9-19(4)12-13-20/h14H,5-13H2,1-4H3,(H2,16,17,18). The first-order chi connectivity index (χ1) is 9.65. The second kappa shape index (κ2) is 10.00. The third kappa shape index (κ3) is 7.10. The zero-order valence-corrected chi connectivity index (χ0v) is 13.8. The lowest BCUT2D eigenvalue weighted by Gasteiger charge is -2.20. The van der Waals surface area contributed by atoms with Crippen LogP contribution in [0.5, 0.6) is 0 Å². The number of aliphatic imine (C=N–C) groups is 1. The van der Waals surface area contributed by atoms with Crippen LogP contribution in [0, 0.1) is 0 Å². The first kappa shape index (κ1) is 17.2. The fraction of sp³-hybridized carbons (Fsp3) is 0.933. The van der Waals surface area contributed by atoms with E-state index in [4.69, 9.17) is 0 Å². The van der Waals surface area contributed by atoms with E-state index in [-0.39, 0.29) is 0 Å². The average molecular weight is 283 g/mol. The molecule has 0 spiro atoms. The van der Waals surface area contributed by atoms with E-state index in [0.29, 0.717) is 6.04 Å². The molecule has 5 heteroatoms. The summed E-state index contributed by atoms with van der Waals surface area (Å²) in [5, 5.41) is 6.75. The zero-order chi connectivity index (χ0) is 14.8. The Labute approximate surface area is 124 Å². The molecule has 1 saturated heterocycles. The fourth-order valence-corrected chi connectivity index (χ4v) is 2.28. The third-order valence-electron chi connectivity index (χ3n) is 3.84. The van der Waals surface area contributed by atoms with Crippen LogP contribution in [0.15, 0.2) is 4.99 Å². The number of likely N-dealkylation sites (N-methyl/N-ethyl adjacent to an activating group) is 1. The van der Waals surface area contributed by atoms with Gasteiger partial charge >= 0.3 is 0 Å². The van der Waals surface area contributed by atoms with Gasteiger partial charge < -0.3 is 20.4 Å². The van der Waals surface area contributed by atoms with E-state index in [0.717, 1.165) is 32.0 Å². The van der Waals surface area contributed by atoms with Crippen molar-refractivity contribution in [1.82, 2.24) is 20.4 Å². The molecule has 0 radical (unpaired) electrons. The molecule has 0 aromatic rings. The van der Waals surface area contributed by atoms with Crippen LogP contribution in [0.25, 0.3) is 0 Å². The molecule has 0 bridgehead atoms. The quantitative estimate of drug-likeness (QED) is 0.563. The molecule has 0 aromatic carbocycles. The fourth-order valence-electron chi connectivity index (χ4n) is 2.28. The van der Waals surface area contributed by atoms with Crippen molar-refractivity contribution in [2.24, 2.45) is 4.99 Å². The normalized spacial score (nSPS) is 20.5. The summed E-state index contributed by atoms with van der Waals surface area (Å²) in [7, 11) is 2.21. The highest BCUT2D eigenvalue weighted by Gasteiger charge is 2.11. The van der Waals surface area contributed by atoms with Crippen LogP contribution >= 0.6 is 0 Å². The Morgan fingerprint density at radius 3 is 2.70 bits per heavy atom. The number of hydrogen-bond acceptors (Lipinski definition) is 3. The molecule has 1 rings (SSSR count). The highest BCUT2D eigenvalue weighted by molar-refractivity contribution is 5.80. The van der Waals surface area contributed by atoms with Crippen molar-refractivity contribution in [3.8, 4) is 0 Å². The maximum Gasteiger partial charge on any atom is 0.191 e. The van der Waals surface area contributed by atoms with E-state index in [1.165, 1.54) is 32.6 Å². The van der Waals surface area contributed by atoms with Gasteiger partial charge in [0.1, 0.15) is 0 Å². The molecule has 1 atom stereocenters. The van der Waals surface area contributed by atoms with Gasteiger partial charge in [-0.1, -0.05) is 6.92 Å². The summed E-state index contributed by atoms with van der Waals surface area (Å²) in [6.07, 6.45) is 2.38. The summed E-state index contributed by atoms with van der Waals surface area (Å²) in [6, 6.07) is 0.472. The van der Waals surface area contributed by atoms with Gasteiger partial charge in [-0.3, -0.25) is 4.99 Å². The summed E-state index contributed by atoms with van der Waals surface area (Å²) in [5.74, 6) is 0.953. The highest BCUT2D eigenvalue weighted by atomic mass is 15.2. The molecule has 1 aliphatic rings. The Morgan fingerprint density at radius 2 is 2.00 bits per heavy atom. The Kier molecular flexibility index (Phi) is 8.62. The maximum atomic E-state index is 4.68. The Hall–Kier alpha value is -0.810. The van der Waals surface area contributed by atoms with Crippen molar-refractivity contribution in [1.29, 1.82) is 0 Å². The summed E-state index contributed by atoms with van der Waals surface area (Å²) in [5.41, 5.74) is 0. The van der Waals surface area contributed by atoms with Crippen molar-refractivity contribution in [2.45, 2.75) is 39.7 Å². The minimum absolute atomic E-state index is 0.472. The number of nitrogens with zero attached hydrogens (tertiary/aromatic N) is 3. The van der Waals surface area contributed by atoms with Crippen LogP contribution in [0.1, 0.15) is 33.6 Å². The monoisotopic (exact) mass is 283 g/mol. The number of guanidine groups is 1. The molecule has 2 N–H and O–H groups in total. The van der Waals surface area contributed by atoms with Crippen LogP contribution in [-0.4, -0.2) is 74.7 Å². The number of nitrogens with one attached hydrogen (secondary N) is 2. The highest BCUT2D eigenvalue weighted by Crippen LogP contribution is 2.00. The van der Waals surface area contributed by atoms with Gasteiger partial charge in [0, 0.05) is 32.2 Å². The van der Waals surface area contributed by atoms with Crippen LogP contribution < -0.4 is 10.6 Å². The molecule has 118 valence electrons. The largest absolute Gasteiger partial charge is 0.357 e. The smallest absolute Gasteiger partial charge is 0.191 e. The lowest BCUT2D eigenvalue weighted by molar-refractivity contribution is 0.283. The molecule has 5 nitrogen and oxygen atoms in total. The van der Waals surface area contributed by atoms with Crippen molar-refractivity contribution in [3.63, 3.8) is 0 Å². The second-order valence-corrected chi connectivity index (χ2v) is 5.71. The van der Waals surface area contributed by atoms with Gasteiger partial charge in [0.15, 0.2) is 5.96 Å². The zero-order valence-electron chi connectivity index (χ0n) is 13.8.